The van der Waals surface area contributed by atoms with Gasteiger partial charge in [-0.25, -0.2) is 4.98 Å². The number of hydrogen-bond acceptors (Lipinski definition) is 3. The minimum atomic E-state index is -0.0100. The van der Waals surface area contributed by atoms with Crippen molar-refractivity contribution in [1.82, 2.24) is 9.97 Å². The van der Waals surface area contributed by atoms with Gasteiger partial charge in [-0.2, -0.15) is 0 Å². The molecule has 4 heteroatoms. The van der Waals surface area contributed by atoms with Gasteiger partial charge in [0, 0.05) is 12.0 Å². The van der Waals surface area contributed by atoms with Crippen LogP contribution in [0.15, 0.2) is 21.3 Å². The number of furan rings is 1. The molecule has 18 heavy (non-hydrogen) atoms. The van der Waals surface area contributed by atoms with E-state index in [0.717, 1.165) is 49.1 Å². The maximum atomic E-state index is 12.0. The van der Waals surface area contributed by atoms with Crippen LogP contribution in [0.4, 0.5) is 0 Å². The van der Waals surface area contributed by atoms with E-state index < -0.39 is 0 Å². The van der Waals surface area contributed by atoms with Crippen LogP contribution in [0.2, 0.25) is 0 Å². The fourth-order valence-corrected chi connectivity index (χ4v) is 2.42. The topological polar surface area (TPSA) is 58.9 Å². The minimum Gasteiger partial charge on any atom is -0.458 e. The highest BCUT2D eigenvalue weighted by Gasteiger charge is 2.17. The van der Waals surface area contributed by atoms with Crippen molar-refractivity contribution in [3.05, 3.63) is 39.5 Å². The smallest absolute Gasteiger partial charge is 0.254 e. The Kier molecular flexibility index (Phi) is 2.78. The van der Waals surface area contributed by atoms with E-state index in [9.17, 15) is 4.79 Å². The molecule has 0 fully saturated rings. The van der Waals surface area contributed by atoms with E-state index in [-0.39, 0.29) is 5.56 Å². The Morgan fingerprint density at radius 1 is 1.33 bits per heavy atom. The molecule has 1 aliphatic rings. The second kappa shape index (κ2) is 4.44. The van der Waals surface area contributed by atoms with E-state index in [2.05, 4.69) is 9.97 Å². The van der Waals surface area contributed by atoms with Crippen LogP contribution in [-0.2, 0) is 19.3 Å². The van der Waals surface area contributed by atoms with Crippen molar-refractivity contribution in [1.29, 1.82) is 0 Å². The van der Waals surface area contributed by atoms with Crippen LogP contribution in [-0.4, -0.2) is 9.97 Å². The highest BCUT2D eigenvalue weighted by Crippen LogP contribution is 2.21. The zero-order valence-electron chi connectivity index (χ0n) is 10.5. The van der Waals surface area contributed by atoms with Gasteiger partial charge in [-0.1, -0.05) is 6.92 Å². The summed E-state index contributed by atoms with van der Waals surface area (Å²) in [5.74, 6) is 2.11. The van der Waals surface area contributed by atoms with E-state index in [4.69, 9.17) is 4.42 Å². The Hall–Kier alpha value is -1.84. The van der Waals surface area contributed by atoms with Crippen molar-refractivity contribution >= 4 is 0 Å². The highest BCUT2D eigenvalue weighted by atomic mass is 16.3. The van der Waals surface area contributed by atoms with Crippen LogP contribution in [0, 0.1) is 0 Å². The van der Waals surface area contributed by atoms with E-state index in [0.29, 0.717) is 11.6 Å². The molecule has 0 saturated carbocycles. The van der Waals surface area contributed by atoms with Gasteiger partial charge in [-0.15, -0.1) is 0 Å². The standard InChI is InChI=1S/C14H16N2O2/c1-2-9-7-8-12(18-9)13-15-11-6-4-3-5-10(11)14(17)16-13/h7-8H,2-6H2,1H3,(H,15,16,17). The van der Waals surface area contributed by atoms with Gasteiger partial charge in [-0.05, 0) is 37.8 Å². The molecule has 0 aromatic carbocycles. The van der Waals surface area contributed by atoms with Crippen LogP contribution in [0.25, 0.3) is 11.6 Å². The normalized spacial score (nSPS) is 14.5. The lowest BCUT2D eigenvalue weighted by molar-refractivity contribution is 0.524. The molecule has 0 amide bonds. The number of nitrogens with zero attached hydrogens (tertiary/aromatic N) is 1. The summed E-state index contributed by atoms with van der Waals surface area (Å²) >= 11 is 0. The van der Waals surface area contributed by atoms with Gasteiger partial charge < -0.3 is 9.40 Å². The molecule has 2 aromatic rings. The number of nitrogens with one attached hydrogen (secondary N) is 1. The lowest BCUT2D eigenvalue weighted by Crippen LogP contribution is -2.21. The summed E-state index contributed by atoms with van der Waals surface area (Å²) in [6.07, 6.45) is 4.78. The zero-order valence-corrected chi connectivity index (χ0v) is 10.5. The fourth-order valence-electron chi connectivity index (χ4n) is 2.42. The Balaban J connectivity index is 2.07. The fraction of sp³-hybridized carbons (Fsp3) is 0.429. The molecule has 3 rings (SSSR count). The average molecular weight is 244 g/mol. The van der Waals surface area contributed by atoms with E-state index >= 15 is 0 Å². The quantitative estimate of drug-likeness (QED) is 0.882. The van der Waals surface area contributed by atoms with E-state index in [1.165, 1.54) is 0 Å². The van der Waals surface area contributed by atoms with Gasteiger partial charge in [0.15, 0.2) is 11.6 Å². The second-order valence-corrected chi connectivity index (χ2v) is 4.67. The number of aromatic nitrogens is 2. The van der Waals surface area contributed by atoms with Crippen molar-refractivity contribution in [2.75, 3.05) is 0 Å². The molecule has 2 aromatic heterocycles. The van der Waals surface area contributed by atoms with E-state index in [1.54, 1.807) is 0 Å². The number of hydrogen-bond donors (Lipinski definition) is 1. The molecule has 2 heterocycles. The molecule has 1 aliphatic carbocycles. The number of aromatic amines is 1. The molecular formula is C14H16N2O2. The van der Waals surface area contributed by atoms with Crippen molar-refractivity contribution in [3.8, 4) is 11.6 Å². The first-order valence-corrected chi connectivity index (χ1v) is 6.49. The largest absolute Gasteiger partial charge is 0.458 e. The first-order valence-electron chi connectivity index (χ1n) is 6.49. The number of aryl methyl sites for hydroxylation is 2. The number of rotatable bonds is 2. The van der Waals surface area contributed by atoms with Crippen LogP contribution in [0.1, 0.15) is 36.8 Å². The average Bonchev–Trinajstić information content (AvgIpc) is 2.87. The van der Waals surface area contributed by atoms with E-state index in [1.807, 2.05) is 19.1 Å². The van der Waals surface area contributed by atoms with Gasteiger partial charge in [0.1, 0.15) is 5.76 Å². The zero-order chi connectivity index (χ0) is 12.5. The van der Waals surface area contributed by atoms with Crippen molar-refractivity contribution in [2.45, 2.75) is 39.0 Å². The van der Waals surface area contributed by atoms with Crippen LogP contribution < -0.4 is 5.56 Å². The molecule has 0 spiro atoms. The second-order valence-electron chi connectivity index (χ2n) is 4.67. The van der Waals surface area contributed by atoms with Crippen LogP contribution in [0.3, 0.4) is 0 Å². The lowest BCUT2D eigenvalue weighted by atomic mass is 9.97. The van der Waals surface area contributed by atoms with Gasteiger partial charge in [0.05, 0.1) is 5.69 Å². The predicted molar refractivity (Wildman–Crippen MR) is 68.6 cm³/mol. The highest BCUT2D eigenvalue weighted by molar-refractivity contribution is 5.47. The molecule has 0 atom stereocenters. The van der Waals surface area contributed by atoms with Crippen molar-refractivity contribution in [2.24, 2.45) is 0 Å². The Morgan fingerprint density at radius 3 is 2.94 bits per heavy atom. The van der Waals surface area contributed by atoms with Crippen molar-refractivity contribution < 1.29 is 4.42 Å². The van der Waals surface area contributed by atoms with Gasteiger partial charge in [0.25, 0.3) is 5.56 Å². The number of fused-ring (bicyclic) bond motifs is 1. The maximum Gasteiger partial charge on any atom is 0.254 e. The molecule has 94 valence electrons. The molecule has 0 bridgehead atoms. The van der Waals surface area contributed by atoms with Gasteiger partial charge >= 0.3 is 0 Å². The summed E-state index contributed by atoms with van der Waals surface area (Å²) in [7, 11) is 0. The SMILES string of the molecule is CCc1ccc(-c2nc3c(c(=O)[nH]2)CCCC3)o1. The monoisotopic (exact) mass is 244 g/mol. The summed E-state index contributed by atoms with van der Waals surface area (Å²) in [5.41, 5.74) is 1.78. The Bertz CT molecular complexity index is 625. The van der Waals surface area contributed by atoms with Crippen molar-refractivity contribution in [3.63, 3.8) is 0 Å². The molecular weight excluding hydrogens is 228 g/mol. The third-order valence-corrected chi connectivity index (χ3v) is 3.43. The molecule has 0 radical (unpaired) electrons. The first-order chi connectivity index (χ1) is 8.78. The van der Waals surface area contributed by atoms with Gasteiger partial charge in [-0.3, -0.25) is 4.79 Å². The summed E-state index contributed by atoms with van der Waals surface area (Å²) < 4.78 is 5.63. The predicted octanol–water partition coefficient (Wildman–Crippen LogP) is 2.47. The molecule has 1 N–H and O–H groups in total. The van der Waals surface area contributed by atoms with Crippen LogP contribution >= 0.6 is 0 Å². The molecule has 4 nitrogen and oxygen atoms in total. The molecule has 0 unspecified atom stereocenters. The Labute approximate surface area is 105 Å². The summed E-state index contributed by atoms with van der Waals surface area (Å²) in [4.78, 5) is 19.4. The third-order valence-electron chi connectivity index (χ3n) is 3.43. The summed E-state index contributed by atoms with van der Waals surface area (Å²) in [6, 6.07) is 3.79. The first kappa shape index (κ1) is 11.3. The molecule has 0 saturated heterocycles. The Morgan fingerprint density at radius 2 is 2.17 bits per heavy atom. The number of H-pyrrole nitrogens is 1. The van der Waals surface area contributed by atoms with Crippen LogP contribution in [0.5, 0.6) is 0 Å². The lowest BCUT2D eigenvalue weighted by Gasteiger charge is -2.13. The third kappa shape index (κ3) is 1.88. The minimum absolute atomic E-state index is 0.0100. The summed E-state index contributed by atoms with van der Waals surface area (Å²) in [6.45, 7) is 2.03. The van der Waals surface area contributed by atoms with Gasteiger partial charge in [0.2, 0.25) is 0 Å². The molecule has 0 aliphatic heterocycles. The maximum absolute atomic E-state index is 12.0. The summed E-state index contributed by atoms with van der Waals surface area (Å²) in [5, 5.41) is 0.